The van der Waals surface area contributed by atoms with Crippen LogP contribution in [0.1, 0.15) is 6.92 Å². The largest absolute Gasteiger partial charge is 0.346 e. The number of carbonyl (C=O) groups is 1. The molecule has 0 saturated heterocycles. The van der Waals surface area contributed by atoms with E-state index in [2.05, 4.69) is 4.29 Å². The lowest BCUT2D eigenvalue weighted by Crippen LogP contribution is -2.11. The number of thioether (sulfide) groups is 1. The summed E-state index contributed by atoms with van der Waals surface area (Å²) in [4.78, 5) is 10.4. The molecule has 0 unspecified atom stereocenters. The van der Waals surface area contributed by atoms with Gasteiger partial charge >= 0.3 is 5.97 Å². The molecule has 0 bridgehead atoms. The van der Waals surface area contributed by atoms with Crippen LogP contribution in [0.4, 0.5) is 0 Å². The third-order valence-corrected chi connectivity index (χ3v) is 1.81. The van der Waals surface area contributed by atoms with E-state index < -0.39 is 0 Å². The third-order valence-electron chi connectivity index (χ3n) is 0.762. The van der Waals surface area contributed by atoms with Gasteiger partial charge in [-0.25, -0.2) is 4.79 Å². The molecule has 0 aliphatic carbocycles. The highest BCUT2D eigenvalue weighted by Gasteiger charge is 2.10. The first-order valence-corrected chi connectivity index (χ1v) is 3.67. The molecule has 0 rings (SSSR count). The van der Waals surface area contributed by atoms with Crippen LogP contribution in [0.15, 0.2) is 0 Å². The smallest absolute Gasteiger partial charge is 0.337 e. The van der Waals surface area contributed by atoms with E-state index in [0.717, 1.165) is 0 Å². The minimum absolute atomic E-state index is 0.160. The lowest BCUT2D eigenvalue weighted by molar-refractivity contribution is -0.132. The zero-order chi connectivity index (χ0) is 6.57. The standard InChI is InChI=1S/C4H7ClO2S/c1-3(8-2)4(6)7-5/h3H,1-2H3/t3-/m1/s1. The van der Waals surface area contributed by atoms with Crippen molar-refractivity contribution in [2.45, 2.75) is 12.2 Å². The maximum atomic E-state index is 10.4. The van der Waals surface area contributed by atoms with Crippen molar-refractivity contribution in [3.05, 3.63) is 0 Å². The van der Waals surface area contributed by atoms with E-state index in [0.29, 0.717) is 0 Å². The summed E-state index contributed by atoms with van der Waals surface area (Å²) in [5, 5.41) is -0.160. The van der Waals surface area contributed by atoms with Crippen LogP contribution in [0, 0.1) is 0 Å². The van der Waals surface area contributed by atoms with Gasteiger partial charge in [0.1, 0.15) is 17.1 Å². The maximum Gasteiger partial charge on any atom is 0.337 e. The number of hydrogen-bond acceptors (Lipinski definition) is 3. The molecule has 0 aliphatic heterocycles. The van der Waals surface area contributed by atoms with E-state index in [-0.39, 0.29) is 11.2 Å². The molecular weight excluding hydrogens is 148 g/mol. The second-order valence-corrected chi connectivity index (χ2v) is 2.61. The van der Waals surface area contributed by atoms with Crippen LogP contribution in [-0.4, -0.2) is 17.5 Å². The highest BCUT2D eigenvalue weighted by Crippen LogP contribution is 2.06. The van der Waals surface area contributed by atoms with Gasteiger partial charge in [-0.05, 0) is 13.2 Å². The number of hydrogen-bond donors (Lipinski definition) is 0. The minimum Gasteiger partial charge on any atom is -0.346 e. The van der Waals surface area contributed by atoms with Gasteiger partial charge in [0, 0.05) is 0 Å². The van der Waals surface area contributed by atoms with E-state index in [1.54, 1.807) is 6.92 Å². The Morgan fingerprint density at radius 3 is 2.50 bits per heavy atom. The zero-order valence-corrected chi connectivity index (χ0v) is 6.25. The lowest BCUT2D eigenvalue weighted by atomic mass is 10.5. The van der Waals surface area contributed by atoms with Crippen molar-refractivity contribution >= 4 is 29.6 Å². The number of halogens is 1. The van der Waals surface area contributed by atoms with Crippen LogP contribution in [-0.2, 0) is 9.08 Å². The van der Waals surface area contributed by atoms with Crippen molar-refractivity contribution in [3.8, 4) is 0 Å². The van der Waals surface area contributed by atoms with Crippen LogP contribution in [0.2, 0.25) is 0 Å². The van der Waals surface area contributed by atoms with Crippen LogP contribution in [0.3, 0.4) is 0 Å². The molecule has 0 saturated carbocycles. The normalized spacial score (nSPS) is 12.9. The SMILES string of the molecule is CS[C@H](C)C(=O)OCl. The maximum absolute atomic E-state index is 10.4. The second-order valence-electron chi connectivity index (χ2n) is 1.27. The molecule has 0 aromatic rings. The first-order valence-electron chi connectivity index (χ1n) is 2.07. The third kappa shape index (κ3) is 2.43. The van der Waals surface area contributed by atoms with E-state index in [1.807, 2.05) is 6.26 Å². The van der Waals surface area contributed by atoms with Crippen molar-refractivity contribution in [2.24, 2.45) is 0 Å². The Bertz CT molecular complexity index is 86.1. The first-order chi connectivity index (χ1) is 3.72. The summed E-state index contributed by atoms with van der Waals surface area (Å²) in [7, 11) is 0. The summed E-state index contributed by atoms with van der Waals surface area (Å²) in [5.41, 5.74) is 0. The monoisotopic (exact) mass is 154 g/mol. The molecule has 0 N–H and O–H groups in total. The average molecular weight is 155 g/mol. The summed E-state index contributed by atoms with van der Waals surface area (Å²) in [6.07, 6.45) is 1.82. The first kappa shape index (κ1) is 8.11. The number of rotatable bonds is 2. The molecule has 4 heteroatoms. The molecule has 0 heterocycles. The summed E-state index contributed by atoms with van der Waals surface area (Å²) >= 11 is 6.16. The fraction of sp³-hybridized carbons (Fsp3) is 0.750. The molecule has 2 nitrogen and oxygen atoms in total. The van der Waals surface area contributed by atoms with Gasteiger partial charge in [-0.3, -0.25) is 0 Å². The van der Waals surface area contributed by atoms with Crippen LogP contribution in [0.5, 0.6) is 0 Å². The molecule has 0 radical (unpaired) electrons. The van der Waals surface area contributed by atoms with Crippen molar-refractivity contribution < 1.29 is 9.08 Å². The Kier molecular flexibility index (Phi) is 4.09. The summed E-state index contributed by atoms with van der Waals surface area (Å²) < 4.78 is 3.92. The van der Waals surface area contributed by atoms with Crippen LogP contribution >= 0.6 is 23.6 Å². The molecule has 0 fully saturated rings. The van der Waals surface area contributed by atoms with Crippen molar-refractivity contribution in [2.75, 3.05) is 6.26 Å². The molecular formula is C4H7ClO2S. The molecule has 8 heavy (non-hydrogen) atoms. The Hall–Kier alpha value is 0.110. The predicted molar refractivity (Wildman–Crippen MR) is 34.9 cm³/mol. The molecule has 48 valence electrons. The van der Waals surface area contributed by atoms with E-state index in [1.165, 1.54) is 11.8 Å². The fourth-order valence-electron chi connectivity index (χ4n) is 0.159. The topological polar surface area (TPSA) is 26.3 Å². The van der Waals surface area contributed by atoms with E-state index in [9.17, 15) is 4.79 Å². The van der Waals surface area contributed by atoms with E-state index in [4.69, 9.17) is 11.9 Å². The van der Waals surface area contributed by atoms with E-state index >= 15 is 0 Å². The molecule has 0 aliphatic rings. The molecule has 0 aromatic carbocycles. The second kappa shape index (κ2) is 4.04. The summed E-state index contributed by atoms with van der Waals surface area (Å²) in [6, 6.07) is 0. The Morgan fingerprint density at radius 2 is 2.38 bits per heavy atom. The fourth-order valence-corrected chi connectivity index (χ4v) is 0.586. The highest BCUT2D eigenvalue weighted by molar-refractivity contribution is 7.99. The van der Waals surface area contributed by atoms with Gasteiger partial charge in [-0.15, -0.1) is 0 Å². The van der Waals surface area contributed by atoms with Crippen molar-refractivity contribution in [1.82, 2.24) is 0 Å². The Labute approximate surface area is 57.7 Å². The minimum atomic E-state index is -0.390. The van der Waals surface area contributed by atoms with Crippen molar-refractivity contribution in [3.63, 3.8) is 0 Å². The quantitative estimate of drug-likeness (QED) is 0.602. The number of carbonyl (C=O) groups excluding carboxylic acids is 1. The molecule has 0 amide bonds. The van der Waals surface area contributed by atoms with Gasteiger partial charge in [-0.1, -0.05) is 0 Å². The Balaban J connectivity index is 3.46. The van der Waals surface area contributed by atoms with Crippen molar-refractivity contribution in [1.29, 1.82) is 0 Å². The van der Waals surface area contributed by atoms with Crippen LogP contribution in [0.25, 0.3) is 0 Å². The molecule has 0 aromatic heterocycles. The average Bonchev–Trinajstić information content (AvgIpc) is 1.84. The zero-order valence-electron chi connectivity index (χ0n) is 4.68. The molecule has 0 spiro atoms. The van der Waals surface area contributed by atoms with Crippen LogP contribution < -0.4 is 0 Å². The molecule has 1 atom stereocenters. The summed E-state index contributed by atoms with van der Waals surface area (Å²) in [5.74, 6) is -0.390. The highest BCUT2D eigenvalue weighted by atomic mass is 35.5. The van der Waals surface area contributed by atoms with Gasteiger partial charge in [0.2, 0.25) is 0 Å². The summed E-state index contributed by atoms with van der Waals surface area (Å²) in [6.45, 7) is 1.73. The Morgan fingerprint density at radius 1 is 1.88 bits per heavy atom. The van der Waals surface area contributed by atoms with Gasteiger partial charge in [0.25, 0.3) is 0 Å². The van der Waals surface area contributed by atoms with Gasteiger partial charge in [-0.2, -0.15) is 11.8 Å². The van der Waals surface area contributed by atoms with Gasteiger partial charge in [0.15, 0.2) is 0 Å². The van der Waals surface area contributed by atoms with Gasteiger partial charge < -0.3 is 4.29 Å². The van der Waals surface area contributed by atoms with Gasteiger partial charge in [0.05, 0.1) is 0 Å². The predicted octanol–water partition coefficient (Wildman–Crippen LogP) is 1.43. The lowest BCUT2D eigenvalue weighted by Gasteiger charge is -1.99.